The van der Waals surface area contributed by atoms with Crippen molar-refractivity contribution in [2.24, 2.45) is 0 Å². The van der Waals surface area contributed by atoms with Crippen LogP contribution < -0.4 is 5.32 Å². The second kappa shape index (κ2) is 9.20. The number of benzene rings is 1. The van der Waals surface area contributed by atoms with Crippen molar-refractivity contribution in [3.05, 3.63) is 47.2 Å². The lowest BCUT2D eigenvalue weighted by molar-refractivity contribution is -0.113. The van der Waals surface area contributed by atoms with E-state index >= 15 is 0 Å². The Hall–Kier alpha value is -1.84. The Balaban J connectivity index is 1.56. The van der Waals surface area contributed by atoms with E-state index in [1.54, 1.807) is 18.0 Å². The van der Waals surface area contributed by atoms with Gasteiger partial charge in [0.25, 0.3) is 0 Å². The van der Waals surface area contributed by atoms with Crippen molar-refractivity contribution in [3.63, 3.8) is 0 Å². The summed E-state index contributed by atoms with van der Waals surface area (Å²) >= 11 is 4.53. The first-order valence-corrected chi connectivity index (χ1v) is 10.9. The van der Waals surface area contributed by atoms with Crippen molar-refractivity contribution in [2.45, 2.75) is 36.2 Å². The zero-order chi connectivity index (χ0) is 18.4. The summed E-state index contributed by atoms with van der Waals surface area (Å²) in [5, 5.41) is 14.5. The number of carbonyl (C=O) groups is 1. The summed E-state index contributed by atoms with van der Waals surface area (Å²) in [5.74, 6) is 1.85. The van der Waals surface area contributed by atoms with Gasteiger partial charge < -0.3 is 9.88 Å². The normalized spacial score (nSPS) is 10.8. The first kappa shape index (κ1) is 18.9. The van der Waals surface area contributed by atoms with Gasteiger partial charge >= 0.3 is 0 Å². The molecule has 0 unspecified atom stereocenters. The van der Waals surface area contributed by atoms with Crippen LogP contribution in [0.2, 0.25) is 0 Å². The van der Waals surface area contributed by atoms with Crippen LogP contribution in [0.25, 0.3) is 0 Å². The highest BCUT2D eigenvalue weighted by atomic mass is 32.2. The van der Waals surface area contributed by atoms with Gasteiger partial charge in [0.1, 0.15) is 5.82 Å². The maximum atomic E-state index is 12.0. The van der Waals surface area contributed by atoms with E-state index in [-0.39, 0.29) is 11.7 Å². The molecule has 0 aliphatic rings. The van der Waals surface area contributed by atoms with Crippen LogP contribution in [0.1, 0.15) is 18.3 Å². The number of thioether (sulfide) groups is 2. The second-order valence-electron chi connectivity index (χ2n) is 5.42. The van der Waals surface area contributed by atoms with Crippen molar-refractivity contribution < 1.29 is 4.79 Å². The average molecular weight is 406 g/mol. The molecular weight excluding hydrogens is 386 g/mol. The van der Waals surface area contributed by atoms with E-state index in [4.69, 9.17) is 0 Å². The SMILES string of the molecule is CCn1c(CSc2ccc(C)cc2)nnc1SCC(=O)Nc1nccs1. The fourth-order valence-electron chi connectivity index (χ4n) is 2.20. The number of hydrogen-bond donors (Lipinski definition) is 1. The predicted octanol–water partition coefficient (Wildman–Crippen LogP) is 4.09. The molecule has 2 aromatic heterocycles. The zero-order valence-electron chi connectivity index (χ0n) is 14.5. The van der Waals surface area contributed by atoms with Crippen molar-refractivity contribution >= 4 is 45.9 Å². The monoisotopic (exact) mass is 405 g/mol. The lowest BCUT2D eigenvalue weighted by Gasteiger charge is -2.07. The molecule has 26 heavy (non-hydrogen) atoms. The van der Waals surface area contributed by atoms with E-state index in [0.29, 0.717) is 5.13 Å². The zero-order valence-corrected chi connectivity index (χ0v) is 17.0. The van der Waals surface area contributed by atoms with Crippen LogP contribution in [0.3, 0.4) is 0 Å². The van der Waals surface area contributed by atoms with Gasteiger partial charge in [-0.2, -0.15) is 0 Å². The van der Waals surface area contributed by atoms with Gasteiger partial charge in [0.15, 0.2) is 10.3 Å². The third kappa shape index (κ3) is 5.09. The Morgan fingerprint density at radius 1 is 1.23 bits per heavy atom. The molecule has 1 N–H and O–H groups in total. The molecule has 6 nitrogen and oxygen atoms in total. The molecule has 0 bridgehead atoms. The number of hydrogen-bond acceptors (Lipinski definition) is 7. The van der Waals surface area contributed by atoms with Crippen LogP contribution in [0.15, 0.2) is 45.9 Å². The van der Waals surface area contributed by atoms with E-state index in [1.165, 1.54) is 33.6 Å². The molecule has 136 valence electrons. The van der Waals surface area contributed by atoms with Crippen LogP contribution in [-0.4, -0.2) is 31.4 Å². The molecular formula is C17H19N5OS3. The molecule has 0 saturated heterocycles. The first-order valence-electron chi connectivity index (χ1n) is 8.09. The number of carbonyl (C=O) groups excluding carboxylic acids is 1. The molecule has 1 amide bonds. The largest absolute Gasteiger partial charge is 0.306 e. The quantitative estimate of drug-likeness (QED) is 0.569. The first-order chi connectivity index (χ1) is 12.7. The molecule has 0 radical (unpaired) electrons. The van der Waals surface area contributed by atoms with E-state index in [2.05, 4.69) is 63.2 Å². The highest BCUT2D eigenvalue weighted by Gasteiger charge is 2.14. The van der Waals surface area contributed by atoms with Gasteiger partial charge in [-0.1, -0.05) is 29.5 Å². The fraction of sp³-hybridized carbons (Fsp3) is 0.294. The summed E-state index contributed by atoms with van der Waals surface area (Å²) in [5.41, 5.74) is 1.25. The van der Waals surface area contributed by atoms with Gasteiger partial charge in [0.05, 0.1) is 11.5 Å². The highest BCUT2D eigenvalue weighted by molar-refractivity contribution is 7.99. The highest BCUT2D eigenvalue weighted by Crippen LogP contribution is 2.25. The van der Waals surface area contributed by atoms with Gasteiger partial charge in [-0.15, -0.1) is 33.3 Å². The van der Waals surface area contributed by atoms with Crippen molar-refractivity contribution in [2.75, 3.05) is 11.1 Å². The maximum absolute atomic E-state index is 12.0. The van der Waals surface area contributed by atoms with E-state index in [9.17, 15) is 4.79 Å². The second-order valence-corrected chi connectivity index (χ2v) is 8.30. The van der Waals surface area contributed by atoms with E-state index in [1.807, 2.05) is 5.38 Å². The third-order valence-corrected chi connectivity index (χ3v) is 6.17. The number of amides is 1. The van der Waals surface area contributed by atoms with Crippen LogP contribution >= 0.6 is 34.9 Å². The molecule has 0 fully saturated rings. The maximum Gasteiger partial charge on any atom is 0.236 e. The number of nitrogens with one attached hydrogen (secondary N) is 1. The third-order valence-electron chi connectivity index (χ3n) is 3.51. The number of aryl methyl sites for hydroxylation is 1. The van der Waals surface area contributed by atoms with Crippen molar-refractivity contribution in [1.82, 2.24) is 19.7 Å². The summed E-state index contributed by atoms with van der Waals surface area (Å²) < 4.78 is 2.06. The molecule has 0 saturated carbocycles. The van der Waals surface area contributed by atoms with Crippen molar-refractivity contribution in [1.29, 1.82) is 0 Å². The molecule has 3 aromatic rings. The molecule has 3 rings (SSSR count). The Bertz CT molecular complexity index is 846. The average Bonchev–Trinajstić information content (AvgIpc) is 3.28. The standard InChI is InChI=1S/C17H19N5OS3/c1-3-22-14(10-25-13-6-4-12(2)5-7-13)20-21-17(22)26-11-15(23)19-16-18-8-9-24-16/h4-9H,3,10-11H2,1-2H3,(H,18,19,23). The predicted molar refractivity (Wildman–Crippen MR) is 108 cm³/mol. The smallest absolute Gasteiger partial charge is 0.236 e. The lowest BCUT2D eigenvalue weighted by atomic mass is 10.2. The van der Waals surface area contributed by atoms with Crippen LogP contribution in [-0.2, 0) is 17.1 Å². The van der Waals surface area contributed by atoms with Gasteiger partial charge in [-0.25, -0.2) is 4.98 Å². The summed E-state index contributed by atoms with van der Waals surface area (Å²) in [6.45, 7) is 4.91. The minimum Gasteiger partial charge on any atom is -0.306 e. The number of nitrogens with zero attached hydrogens (tertiary/aromatic N) is 4. The molecule has 0 atom stereocenters. The number of aromatic nitrogens is 4. The molecule has 1 aromatic carbocycles. The number of anilines is 1. The number of thiazole rings is 1. The van der Waals surface area contributed by atoms with Crippen LogP contribution in [0, 0.1) is 6.92 Å². The molecule has 9 heteroatoms. The summed E-state index contributed by atoms with van der Waals surface area (Å²) in [7, 11) is 0. The summed E-state index contributed by atoms with van der Waals surface area (Å²) in [6.07, 6.45) is 1.67. The van der Waals surface area contributed by atoms with Gasteiger partial charge in [-0.3, -0.25) is 4.79 Å². The van der Waals surface area contributed by atoms with Crippen LogP contribution in [0.5, 0.6) is 0 Å². The molecule has 2 heterocycles. The van der Waals surface area contributed by atoms with E-state index < -0.39 is 0 Å². The Morgan fingerprint density at radius 2 is 2.04 bits per heavy atom. The molecule has 0 aliphatic carbocycles. The Kier molecular flexibility index (Phi) is 6.70. The Morgan fingerprint density at radius 3 is 2.73 bits per heavy atom. The van der Waals surface area contributed by atoms with Gasteiger partial charge in [0, 0.05) is 23.0 Å². The van der Waals surface area contributed by atoms with Gasteiger partial charge in [0.2, 0.25) is 5.91 Å². The minimum absolute atomic E-state index is 0.0915. The van der Waals surface area contributed by atoms with Gasteiger partial charge in [-0.05, 0) is 26.0 Å². The topological polar surface area (TPSA) is 72.7 Å². The minimum atomic E-state index is -0.0915. The fourth-order valence-corrected chi connectivity index (χ4v) is 4.41. The van der Waals surface area contributed by atoms with E-state index in [0.717, 1.165) is 23.3 Å². The molecule has 0 aliphatic heterocycles. The van der Waals surface area contributed by atoms with Crippen molar-refractivity contribution in [3.8, 4) is 0 Å². The summed E-state index contributed by atoms with van der Waals surface area (Å²) in [6, 6.07) is 8.45. The number of rotatable bonds is 8. The Labute approximate surface area is 164 Å². The lowest BCUT2D eigenvalue weighted by Crippen LogP contribution is -2.14. The van der Waals surface area contributed by atoms with Crippen LogP contribution in [0.4, 0.5) is 5.13 Å². The molecule has 0 spiro atoms. The summed E-state index contributed by atoms with van der Waals surface area (Å²) in [4.78, 5) is 17.3.